The van der Waals surface area contributed by atoms with E-state index in [0.29, 0.717) is 11.5 Å². The summed E-state index contributed by atoms with van der Waals surface area (Å²) in [5.41, 5.74) is 3.37. The molecule has 1 N–H and O–H groups in total. The van der Waals surface area contributed by atoms with Gasteiger partial charge in [-0.05, 0) is 24.6 Å². The fourth-order valence-electron chi connectivity index (χ4n) is 2.98. The number of rotatable bonds is 2. The van der Waals surface area contributed by atoms with Gasteiger partial charge in [0.2, 0.25) is 0 Å². The van der Waals surface area contributed by atoms with Crippen molar-refractivity contribution in [1.82, 2.24) is 15.2 Å². The number of fused-ring (bicyclic) bond motifs is 1. The van der Waals surface area contributed by atoms with Gasteiger partial charge in [0.1, 0.15) is 5.82 Å². The predicted molar refractivity (Wildman–Crippen MR) is 82.7 cm³/mol. The third kappa shape index (κ3) is 1.75. The lowest BCUT2D eigenvalue weighted by molar-refractivity contribution is 0.0988. The second-order valence-corrected chi connectivity index (χ2v) is 5.29. The maximum Gasteiger partial charge on any atom is 0.281 e. The van der Waals surface area contributed by atoms with Crippen LogP contribution in [0.4, 0.5) is 5.82 Å². The van der Waals surface area contributed by atoms with Crippen molar-refractivity contribution in [3.8, 4) is 0 Å². The van der Waals surface area contributed by atoms with Crippen LogP contribution in [0.1, 0.15) is 33.4 Å². The van der Waals surface area contributed by atoms with Crippen LogP contribution in [-0.2, 0) is 0 Å². The number of aryl methyl sites for hydroxylation is 1. The third-order valence-electron chi connectivity index (χ3n) is 3.96. The minimum atomic E-state index is -0.197. The number of nitrogens with zero attached hydrogens (tertiary/aromatic N) is 3. The van der Waals surface area contributed by atoms with Gasteiger partial charge in [-0.1, -0.05) is 36.4 Å². The molecule has 0 saturated carbocycles. The topological polar surface area (TPSA) is 61.9 Å². The van der Waals surface area contributed by atoms with E-state index in [4.69, 9.17) is 0 Å². The van der Waals surface area contributed by atoms with Crippen LogP contribution in [0.5, 0.6) is 0 Å². The smallest absolute Gasteiger partial charge is 0.281 e. The molecule has 22 heavy (non-hydrogen) atoms. The van der Waals surface area contributed by atoms with Crippen LogP contribution in [-0.4, -0.2) is 21.1 Å². The summed E-state index contributed by atoms with van der Waals surface area (Å²) in [4.78, 5) is 18.9. The molecule has 0 fully saturated rings. The van der Waals surface area contributed by atoms with Crippen molar-refractivity contribution < 1.29 is 4.79 Å². The van der Waals surface area contributed by atoms with Crippen LogP contribution >= 0.6 is 0 Å². The van der Waals surface area contributed by atoms with E-state index in [-0.39, 0.29) is 11.9 Å². The molecule has 0 radical (unpaired) electrons. The van der Waals surface area contributed by atoms with Gasteiger partial charge in [0.15, 0.2) is 5.69 Å². The first-order chi connectivity index (χ1) is 10.8. The monoisotopic (exact) mass is 290 g/mol. The largest absolute Gasteiger partial charge is 0.282 e. The van der Waals surface area contributed by atoms with E-state index in [9.17, 15) is 4.79 Å². The molecule has 1 aliphatic heterocycles. The minimum Gasteiger partial charge on any atom is -0.282 e. The Morgan fingerprint density at radius 3 is 2.59 bits per heavy atom. The van der Waals surface area contributed by atoms with Gasteiger partial charge in [0.25, 0.3) is 5.91 Å². The van der Waals surface area contributed by atoms with Crippen LogP contribution in [0.25, 0.3) is 0 Å². The van der Waals surface area contributed by atoms with E-state index < -0.39 is 0 Å². The molecule has 0 aliphatic carbocycles. The van der Waals surface area contributed by atoms with E-state index in [1.54, 1.807) is 11.1 Å². The van der Waals surface area contributed by atoms with E-state index in [2.05, 4.69) is 15.2 Å². The zero-order chi connectivity index (χ0) is 15.1. The first-order valence-corrected chi connectivity index (χ1v) is 7.12. The molecule has 3 aromatic rings. The van der Waals surface area contributed by atoms with Crippen molar-refractivity contribution in [1.29, 1.82) is 0 Å². The van der Waals surface area contributed by atoms with Gasteiger partial charge in [0.05, 0.1) is 6.04 Å². The van der Waals surface area contributed by atoms with Gasteiger partial charge >= 0.3 is 0 Å². The van der Waals surface area contributed by atoms with E-state index in [0.717, 1.165) is 16.8 Å². The van der Waals surface area contributed by atoms with Gasteiger partial charge in [-0.2, -0.15) is 5.10 Å². The zero-order valence-electron chi connectivity index (χ0n) is 12.0. The van der Waals surface area contributed by atoms with Crippen molar-refractivity contribution in [3.63, 3.8) is 0 Å². The summed E-state index contributed by atoms with van der Waals surface area (Å²) in [6.45, 7) is 1.94. The Balaban J connectivity index is 1.93. The third-order valence-corrected chi connectivity index (χ3v) is 3.96. The predicted octanol–water partition coefficient (Wildman–Crippen LogP) is 2.86. The molecule has 5 heteroatoms. The minimum absolute atomic E-state index is 0.119. The molecule has 1 atom stereocenters. The van der Waals surface area contributed by atoms with E-state index >= 15 is 0 Å². The Hall–Kier alpha value is -2.95. The summed E-state index contributed by atoms with van der Waals surface area (Å²) in [5, 5.41) is 7.11. The average Bonchev–Trinajstić information content (AvgIpc) is 3.08. The SMILES string of the molecule is Cc1[nH]nc2c1[C@@H](c1ccccc1)N(c1ccccn1)C2=O. The summed E-state index contributed by atoms with van der Waals surface area (Å²) >= 11 is 0. The molecule has 2 aromatic heterocycles. The maximum absolute atomic E-state index is 12.8. The highest BCUT2D eigenvalue weighted by Gasteiger charge is 2.42. The number of H-pyrrole nitrogens is 1. The zero-order valence-corrected chi connectivity index (χ0v) is 12.0. The number of benzene rings is 1. The molecule has 0 unspecified atom stereocenters. The highest BCUT2D eigenvalue weighted by molar-refractivity contribution is 6.10. The first-order valence-electron chi connectivity index (χ1n) is 7.12. The molecule has 5 nitrogen and oxygen atoms in total. The molecule has 0 spiro atoms. The molecule has 1 aromatic carbocycles. The quantitative estimate of drug-likeness (QED) is 0.789. The lowest BCUT2D eigenvalue weighted by Gasteiger charge is -2.25. The number of hydrogen-bond acceptors (Lipinski definition) is 3. The van der Waals surface area contributed by atoms with Crippen molar-refractivity contribution >= 4 is 11.7 Å². The maximum atomic E-state index is 12.8. The molecular weight excluding hydrogens is 276 g/mol. The Morgan fingerprint density at radius 1 is 1.09 bits per heavy atom. The number of aromatic nitrogens is 3. The average molecular weight is 290 g/mol. The number of hydrogen-bond donors (Lipinski definition) is 1. The second-order valence-electron chi connectivity index (χ2n) is 5.29. The highest BCUT2D eigenvalue weighted by Crippen LogP contribution is 2.41. The Kier molecular flexibility index (Phi) is 2.79. The molecule has 0 bridgehead atoms. The number of carbonyl (C=O) groups excluding carboxylic acids is 1. The van der Waals surface area contributed by atoms with Gasteiger partial charge in [0, 0.05) is 17.5 Å². The molecule has 1 aliphatic rings. The van der Waals surface area contributed by atoms with Gasteiger partial charge in [-0.25, -0.2) is 4.98 Å². The first kappa shape index (κ1) is 12.8. The summed E-state index contributed by atoms with van der Waals surface area (Å²) < 4.78 is 0. The highest BCUT2D eigenvalue weighted by atomic mass is 16.2. The van der Waals surface area contributed by atoms with E-state index in [1.807, 2.05) is 55.5 Å². The van der Waals surface area contributed by atoms with Crippen LogP contribution < -0.4 is 4.90 Å². The lowest BCUT2D eigenvalue weighted by Crippen LogP contribution is -2.30. The van der Waals surface area contributed by atoms with Gasteiger partial charge < -0.3 is 0 Å². The standard InChI is InChI=1S/C17H14N4O/c1-11-14-15(20-19-11)17(22)21(13-9-5-6-10-18-13)16(14)12-7-3-2-4-8-12/h2-10,16H,1H3,(H,19,20)/t16-/m1/s1. The fourth-order valence-corrected chi connectivity index (χ4v) is 2.98. The summed E-state index contributed by atoms with van der Waals surface area (Å²) in [5.74, 6) is 0.519. The van der Waals surface area contributed by atoms with Gasteiger partial charge in [-0.15, -0.1) is 0 Å². The van der Waals surface area contributed by atoms with Crippen LogP contribution in [0.3, 0.4) is 0 Å². The van der Waals surface area contributed by atoms with E-state index in [1.165, 1.54) is 0 Å². The normalized spacial score (nSPS) is 16.9. The summed E-state index contributed by atoms with van der Waals surface area (Å²) in [6.07, 6.45) is 1.69. The second kappa shape index (κ2) is 4.80. The number of nitrogens with one attached hydrogen (secondary N) is 1. The number of pyridine rings is 1. The molecule has 1 amide bonds. The van der Waals surface area contributed by atoms with Crippen LogP contribution in [0, 0.1) is 6.92 Å². The van der Waals surface area contributed by atoms with Crippen molar-refractivity contribution in [2.75, 3.05) is 4.90 Å². The van der Waals surface area contributed by atoms with Crippen LogP contribution in [0.15, 0.2) is 54.7 Å². The molecule has 108 valence electrons. The van der Waals surface area contributed by atoms with Gasteiger partial charge in [-0.3, -0.25) is 14.8 Å². The molecule has 3 heterocycles. The number of aromatic amines is 1. The van der Waals surface area contributed by atoms with Crippen LogP contribution in [0.2, 0.25) is 0 Å². The Morgan fingerprint density at radius 2 is 1.86 bits per heavy atom. The van der Waals surface area contributed by atoms with Crippen molar-refractivity contribution in [3.05, 3.63) is 77.2 Å². The number of amides is 1. The summed E-state index contributed by atoms with van der Waals surface area (Å²) in [6, 6.07) is 15.3. The fraction of sp³-hybridized carbons (Fsp3) is 0.118. The van der Waals surface area contributed by atoms with Crippen molar-refractivity contribution in [2.24, 2.45) is 0 Å². The number of carbonyl (C=O) groups is 1. The summed E-state index contributed by atoms with van der Waals surface area (Å²) in [7, 11) is 0. The lowest BCUT2D eigenvalue weighted by atomic mass is 9.99. The molecular formula is C17H14N4O. The Labute approximate surface area is 127 Å². The molecule has 4 rings (SSSR count). The Bertz CT molecular complexity index is 826. The molecule has 0 saturated heterocycles. The van der Waals surface area contributed by atoms with Crippen molar-refractivity contribution in [2.45, 2.75) is 13.0 Å². The number of anilines is 1.